The molecule has 0 fully saturated rings. The van der Waals surface area contributed by atoms with E-state index in [1.807, 2.05) is 0 Å². The van der Waals surface area contributed by atoms with Gasteiger partial charge in [0.2, 0.25) is 0 Å². The Morgan fingerprint density at radius 1 is 1.30 bits per heavy atom. The quantitative estimate of drug-likeness (QED) is 0.842. The summed E-state index contributed by atoms with van der Waals surface area (Å²) in [6.07, 6.45) is 4.23. The summed E-state index contributed by atoms with van der Waals surface area (Å²) in [6.45, 7) is -0.198. The Morgan fingerprint density at radius 2 is 2.05 bits per heavy atom. The second kappa shape index (κ2) is 5.70. The molecule has 2 aromatic heterocycles. The highest BCUT2D eigenvalue weighted by molar-refractivity contribution is 7.87. The van der Waals surface area contributed by atoms with Crippen LogP contribution >= 0.6 is 0 Å². The maximum absolute atomic E-state index is 12.0. The van der Waals surface area contributed by atoms with Crippen molar-refractivity contribution in [2.45, 2.75) is 5.92 Å². The average molecular weight is 296 g/mol. The molecule has 1 atom stereocenters. The van der Waals surface area contributed by atoms with Crippen molar-refractivity contribution in [2.75, 3.05) is 20.7 Å². The monoisotopic (exact) mass is 296 g/mol. The number of hydrogen-bond donors (Lipinski definition) is 1. The molecule has 20 heavy (non-hydrogen) atoms. The number of hydrogen-bond acceptors (Lipinski definition) is 5. The average Bonchev–Trinajstić information content (AvgIpc) is 2.91. The lowest BCUT2D eigenvalue weighted by molar-refractivity contribution is 0.277. The first-order chi connectivity index (χ1) is 9.46. The van der Waals surface area contributed by atoms with Gasteiger partial charge in [-0.15, -0.1) is 0 Å². The summed E-state index contributed by atoms with van der Waals surface area (Å²) in [7, 11) is -0.711. The zero-order valence-electron chi connectivity index (χ0n) is 11.2. The SMILES string of the molecule is CN(C)S(=O)(=O)n1cnc(C(CO)c2ccccn2)c1. The van der Waals surface area contributed by atoms with E-state index < -0.39 is 16.1 Å². The predicted molar refractivity (Wildman–Crippen MR) is 73.4 cm³/mol. The van der Waals surface area contributed by atoms with Crippen molar-refractivity contribution in [1.82, 2.24) is 18.2 Å². The van der Waals surface area contributed by atoms with Gasteiger partial charge in [-0.1, -0.05) is 6.07 Å². The Labute approximate surface area is 117 Å². The number of imidazole rings is 1. The van der Waals surface area contributed by atoms with Crippen LogP contribution in [0.1, 0.15) is 17.3 Å². The van der Waals surface area contributed by atoms with E-state index in [9.17, 15) is 13.5 Å². The highest BCUT2D eigenvalue weighted by Crippen LogP contribution is 2.21. The van der Waals surface area contributed by atoms with Gasteiger partial charge in [-0.25, -0.2) is 8.96 Å². The van der Waals surface area contributed by atoms with Crippen LogP contribution in [0.25, 0.3) is 0 Å². The fourth-order valence-electron chi connectivity index (χ4n) is 1.74. The third-order valence-electron chi connectivity index (χ3n) is 2.89. The molecule has 1 N–H and O–H groups in total. The van der Waals surface area contributed by atoms with Gasteiger partial charge in [0.15, 0.2) is 0 Å². The van der Waals surface area contributed by atoms with Crippen molar-refractivity contribution in [3.63, 3.8) is 0 Å². The van der Waals surface area contributed by atoms with E-state index >= 15 is 0 Å². The topological polar surface area (TPSA) is 88.3 Å². The Kier molecular flexibility index (Phi) is 4.17. The second-order valence-corrected chi connectivity index (χ2v) is 6.46. The first kappa shape index (κ1) is 14.6. The number of aliphatic hydroxyl groups excluding tert-OH is 1. The molecule has 0 spiro atoms. The molecule has 0 saturated carbocycles. The van der Waals surface area contributed by atoms with E-state index in [0.717, 1.165) is 8.28 Å². The van der Waals surface area contributed by atoms with Gasteiger partial charge >= 0.3 is 10.2 Å². The molecule has 0 bridgehead atoms. The number of rotatable bonds is 5. The maximum Gasteiger partial charge on any atom is 0.308 e. The van der Waals surface area contributed by atoms with Crippen LogP contribution in [0.15, 0.2) is 36.9 Å². The molecule has 0 amide bonds. The summed E-state index contributed by atoms with van der Waals surface area (Å²) >= 11 is 0. The summed E-state index contributed by atoms with van der Waals surface area (Å²) in [5.74, 6) is -0.449. The van der Waals surface area contributed by atoms with E-state index in [2.05, 4.69) is 9.97 Å². The summed E-state index contributed by atoms with van der Waals surface area (Å²) in [6, 6.07) is 5.34. The van der Waals surface area contributed by atoms with Gasteiger partial charge < -0.3 is 5.11 Å². The van der Waals surface area contributed by atoms with Crippen LogP contribution in [0.4, 0.5) is 0 Å². The van der Waals surface area contributed by atoms with Crippen molar-refractivity contribution in [3.05, 3.63) is 48.3 Å². The smallest absolute Gasteiger partial charge is 0.308 e. The highest BCUT2D eigenvalue weighted by Gasteiger charge is 2.21. The van der Waals surface area contributed by atoms with Crippen LogP contribution in [0.3, 0.4) is 0 Å². The largest absolute Gasteiger partial charge is 0.395 e. The van der Waals surface area contributed by atoms with E-state index in [1.54, 1.807) is 24.4 Å². The molecule has 0 radical (unpaired) electrons. The molecule has 7 nitrogen and oxygen atoms in total. The molecular weight excluding hydrogens is 280 g/mol. The van der Waals surface area contributed by atoms with Crippen molar-refractivity contribution in [2.24, 2.45) is 0 Å². The lowest BCUT2D eigenvalue weighted by atomic mass is 10.0. The molecule has 1 unspecified atom stereocenters. The van der Waals surface area contributed by atoms with Crippen LogP contribution < -0.4 is 0 Å². The van der Waals surface area contributed by atoms with Crippen LogP contribution in [0, 0.1) is 0 Å². The summed E-state index contributed by atoms with van der Waals surface area (Å²) < 4.78 is 26.0. The van der Waals surface area contributed by atoms with E-state index in [0.29, 0.717) is 11.4 Å². The first-order valence-corrected chi connectivity index (χ1v) is 7.35. The van der Waals surface area contributed by atoms with Gasteiger partial charge in [0.05, 0.1) is 23.9 Å². The Morgan fingerprint density at radius 3 is 2.60 bits per heavy atom. The number of nitrogens with zero attached hydrogens (tertiary/aromatic N) is 4. The maximum atomic E-state index is 12.0. The van der Waals surface area contributed by atoms with Gasteiger partial charge in [-0.05, 0) is 12.1 Å². The molecule has 2 rings (SSSR count). The van der Waals surface area contributed by atoms with E-state index in [-0.39, 0.29) is 6.61 Å². The molecule has 108 valence electrons. The Balaban J connectivity index is 2.37. The second-order valence-electron chi connectivity index (χ2n) is 4.41. The first-order valence-electron chi connectivity index (χ1n) is 5.95. The minimum Gasteiger partial charge on any atom is -0.395 e. The fourth-order valence-corrected chi connectivity index (χ4v) is 2.52. The van der Waals surface area contributed by atoms with Crippen molar-refractivity contribution < 1.29 is 13.5 Å². The number of aliphatic hydroxyl groups is 1. The molecule has 2 aromatic rings. The minimum atomic E-state index is -3.59. The molecule has 0 saturated heterocycles. The van der Waals surface area contributed by atoms with Crippen molar-refractivity contribution in [3.8, 4) is 0 Å². The van der Waals surface area contributed by atoms with Crippen molar-refractivity contribution in [1.29, 1.82) is 0 Å². The predicted octanol–water partition coefficient (Wildman–Crippen LogP) is 0.0568. The summed E-state index contributed by atoms with van der Waals surface area (Å²) in [4.78, 5) is 8.23. The molecule has 0 aliphatic heterocycles. The van der Waals surface area contributed by atoms with Gasteiger partial charge in [0.1, 0.15) is 6.33 Å². The third-order valence-corrected chi connectivity index (χ3v) is 4.55. The summed E-state index contributed by atoms with van der Waals surface area (Å²) in [5, 5.41) is 9.51. The van der Waals surface area contributed by atoms with Gasteiger partial charge in [-0.3, -0.25) is 4.98 Å². The molecule has 0 aliphatic rings. The number of pyridine rings is 1. The van der Waals surface area contributed by atoms with Crippen molar-refractivity contribution >= 4 is 10.2 Å². The van der Waals surface area contributed by atoms with Crippen LogP contribution in [-0.2, 0) is 10.2 Å². The molecule has 8 heteroatoms. The summed E-state index contributed by atoms with van der Waals surface area (Å²) in [5.41, 5.74) is 1.10. The molecule has 0 aromatic carbocycles. The molecular formula is C12H16N4O3S. The Hall–Kier alpha value is -1.77. The normalized spacial score (nSPS) is 13.6. The van der Waals surface area contributed by atoms with Crippen LogP contribution in [0.2, 0.25) is 0 Å². The van der Waals surface area contributed by atoms with Gasteiger partial charge in [0.25, 0.3) is 0 Å². The van der Waals surface area contributed by atoms with Gasteiger partial charge in [-0.2, -0.15) is 12.7 Å². The highest BCUT2D eigenvalue weighted by atomic mass is 32.2. The zero-order valence-corrected chi connectivity index (χ0v) is 12.0. The van der Waals surface area contributed by atoms with E-state index in [1.165, 1.54) is 26.6 Å². The Bertz CT molecular complexity index is 667. The van der Waals surface area contributed by atoms with E-state index in [4.69, 9.17) is 0 Å². The minimum absolute atomic E-state index is 0.198. The lowest BCUT2D eigenvalue weighted by Crippen LogP contribution is -2.27. The lowest BCUT2D eigenvalue weighted by Gasteiger charge is -2.12. The third kappa shape index (κ3) is 2.72. The van der Waals surface area contributed by atoms with Crippen LogP contribution in [0.5, 0.6) is 0 Å². The standard InChI is InChI=1S/C12H16N4O3S/c1-15(2)20(18,19)16-7-12(14-9-16)10(8-17)11-5-3-4-6-13-11/h3-7,9-10,17H,8H2,1-2H3. The number of aromatic nitrogens is 3. The molecule has 0 aliphatic carbocycles. The van der Waals surface area contributed by atoms with Crippen LogP contribution in [-0.4, -0.2) is 52.5 Å². The van der Waals surface area contributed by atoms with Gasteiger partial charge in [0, 0.05) is 26.5 Å². The zero-order chi connectivity index (χ0) is 14.8. The fraction of sp³-hybridized carbons (Fsp3) is 0.333. The molecule has 2 heterocycles.